The van der Waals surface area contributed by atoms with Crippen molar-refractivity contribution in [3.05, 3.63) is 22.8 Å². The lowest BCUT2D eigenvalue weighted by atomic mass is 9.29. The van der Waals surface area contributed by atoms with E-state index < -0.39 is 51.3 Å². The molecule has 0 amide bonds. The van der Waals surface area contributed by atoms with Crippen LogP contribution in [0.5, 0.6) is 0 Å². The third-order valence-corrected chi connectivity index (χ3v) is 15.1. The number of ketones is 3. The number of fused-ring (bicyclic) bond motifs is 4. The summed E-state index contributed by atoms with van der Waals surface area (Å²) in [5.74, 6) is -1.93. The molecule has 6 heteroatoms. The second-order valence-electron chi connectivity index (χ2n) is 17.5. The van der Waals surface area contributed by atoms with Crippen LogP contribution in [0.2, 0.25) is 0 Å². The molecule has 230 valence electrons. The van der Waals surface area contributed by atoms with E-state index in [1.807, 2.05) is 0 Å². The van der Waals surface area contributed by atoms with E-state index in [0.717, 1.165) is 29.6 Å². The van der Waals surface area contributed by atoms with E-state index in [2.05, 4.69) is 41.5 Å². The molecule has 0 aromatic rings. The maximum Gasteiger partial charge on any atom is 0.187 e. The lowest BCUT2D eigenvalue weighted by Crippen LogP contribution is -2.77. The van der Waals surface area contributed by atoms with Gasteiger partial charge in [-0.05, 0) is 93.0 Å². The van der Waals surface area contributed by atoms with Crippen LogP contribution < -0.4 is 0 Å². The van der Waals surface area contributed by atoms with Crippen LogP contribution in [0.25, 0.3) is 0 Å². The van der Waals surface area contributed by atoms with Crippen molar-refractivity contribution in [3.63, 3.8) is 0 Å². The summed E-state index contributed by atoms with van der Waals surface area (Å²) in [6.45, 7) is 16.1. The Morgan fingerprint density at radius 3 is 2.10 bits per heavy atom. The maximum absolute atomic E-state index is 14.9. The lowest BCUT2D eigenvalue weighted by Gasteiger charge is -2.74. The molecule has 11 atom stereocenters. The fraction of sp³-hybridized carbons (Fsp3) is 0.806. The highest BCUT2D eigenvalue weighted by molar-refractivity contribution is 6.03. The van der Waals surface area contributed by atoms with Crippen molar-refractivity contribution >= 4 is 17.3 Å². The number of aliphatic hydroxyl groups is 3. The number of Topliss-reactive ketones (excluding diaryl/α,β-unsaturated/α-hetero) is 2. The van der Waals surface area contributed by atoms with Gasteiger partial charge in [0.25, 0.3) is 0 Å². The summed E-state index contributed by atoms with van der Waals surface area (Å²) < 4.78 is 0. The Morgan fingerprint density at radius 2 is 1.43 bits per heavy atom. The first kappa shape index (κ1) is 29.1. The van der Waals surface area contributed by atoms with Crippen molar-refractivity contribution in [3.8, 4) is 0 Å². The van der Waals surface area contributed by atoms with E-state index in [1.54, 1.807) is 19.9 Å². The molecule has 0 saturated heterocycles. The summed E-state index contributed by atoms with van der Waals surface area (Å²) in [4.78, 5) is 42.1. The van der Waals surface area contributed by atoms with E-state index in [9.17, 15) is 29.7 Å². The zero-order valence-corrected chi connectivity index (χ0v) is 26.8. The van der Waals surface area contributed by atoms with Crippen LogP contribution in [0.15, 0.2) is 22.8 Å². The lowest BCUT2D eigenvalue weighted by molar-refractivity contribution is -0.216. The van der Waals surface area contributed by atoms with Crippen LogP contribution in [0.4, 0.5) is 0 Å². The highest BCUT2D eigenvalue weighted by atomic mass is 16.3. The van der Waals surface area contributed by atoms with Crippen molar-refractivity contribution in [1.82, 2.24) is 0 Å². The summed E-state index contributed by atoms with van der Waals surface area (Å²) in [5.41, 5.74) is -2.69. The van der Waals surface area contributed by atoms with E-state index >= 15 is 0 Å². The van der Waals surface area contributed by atoms with E-state index in [-0.39, 0.29) is 40.0 Å². The van der Waals surface area contributed by atoms with E-state index in [4.69, 9.17) is 0 Å². The molecular formula is C36H50O6. The van der Waals surface area contributed by atoms with E-state index in [0.29, 0.717) is 38.5 Å². The minimum atomic E-state index is -1.72. The van der Waals surface area contributed by atoms with Gasteiger partial charge in [-0.15, -0.1) is 0 Å². The maximum atomic E-state index is 14.9. The van der Waals surface area contributed by atoms with Crippen molar-refractivity contribution in [2.45, 2.75) is 124 Å². The average Bonchev–Trinajstić information content (AvgIpc) is 2.88. The monoisotopic (exact) mass is 578 g/mol. The Kier molecular flexibility index (Phi) is 5.51. The van der Waals surface area contributed by atoms with Gasteiger partial charge >= 0.3 is 0 Å². The van der Waals surface area contributed by atoms with Crippen LogP contribution >= 0.6 is 0 Å². The molecule has 4 saturated carbocycles. The van der Waals surface area contributed by atoms with Gasteiger partial charge in [0, 0.05) is 29.1 Å². The predicted molar refractivity (Wildman–Crippen MR) is 158 cm³/mol. The number of rotatable bonds is 0. The minimum Gasteiger partial charge on any atom is -0.393 e. The van der Waals surface area contributed by atoms with Crippen LogP contribution in [0, 0.1) is 56.7 Å². The van der Waals surface area contributed by atoms with Crippen LogP contribution in [-0.2, 0) is 14.4 Å². The van der Waals surface area contributed by atoms with Gasteiger partial charge in [0.15, 0.2) is 11.6 Å². The van der Waals surface area contributed by atoms with Crippen molar-refractivity contribution in [2.24, 2.45) is 56.7 Å². The third kappa shape index (κ3) is 2.92. The van der Waals surface area contributed by atoms with Gasteiger partial charge in [-0.3, -0.25) is 14.4 Å². The normalized spacial score (nSPS) is 53.9. The summed E-state index contributed by atoms with van der Waals surface area (Å²) in [6.07, 6.45) is 6.64. The second kappa shape index (κ2) is 7.95. The highest BCUT2D eigenvalue weighted by Gasteiger charge is 2.79. The molecule has 42 heavy (non-hydrogen) atoms. The number of hydrogen-bond acceptors (Lipinski definition) is 6. The fourth-order valence-electron chi connectivity index (χ4n) is 13.2. The molecule has 0 heterocycles. The summed E-state index contributed by atoms with van der Waals surface area (Å²) in [5, 5.41) is 35.5. The van der Waals surface area contributed by atoms with Gasteiger partial charge in [0.2, 0.25) is 0 Å². The molecule has 0 aromatic heterocycles. The number of aliphatic hydroxyl groups excluding tert-OH is 1. The Morgan fingerprint density at radius 1 is 0.762 bits per heavy atom. The molecule has 0 radical (unpaired) electrons. The van der Waals surface area contributed by atoms with Crippen LogP contribution in [0.1, 0.15) is 107 Å². The zero-order chi connectivity index (χ0) is 30.8. The minimum absolute atomic E-state index is 0.0887. The van der Waals surface area contributed by atoms with Gasteiger partial charge in [-0.2, -0.15) is 0 Å². The fourth-order valence-corrected chi connectivity index (χ4v) is 13.2. The molecule has 8 rings (SSSR count). The summed E-state index contributed by atoms with van der Waals surface area (Å²) in [6, 6.07) is 0. The molecule has 3 N–H and O–H groups in total. The first-order valence-electron chi connectivity index (χ1n) is 16.4. The molecule has 4 fully saturated rings. The first-order chi connectivity index (χ1) is 19.2. The Bertz CT molecular complexity index is 1390. The Balaban J connectivity index is 1.52. The number of allylic oxidation sites excluding steroid dienone is 2. The van der Waals surface area contributed by atoms with Gasteiger partial charge in [-0.1, -0.05) is 58.3 Å². The smallest absolute Gasteiger partial charge is 0.187 e. The molecule has 2 bridgehead atoms. The topological polar surface area (TPSA) is 112 Å². The van der Waals surface area contributed by atoms with Crippen molar-refractivity contribution in [2.75, 3.05) is 0 Å². The largest absolute Gasteiger partial charge is 0.393 e. The molecule has 0 unspecified atom stereocenters. The first-order valence-corrected chi connectivity index (χ1v) is 16.4. The molecule has 8 aliphatic carbocycles. The standard InChI is InChI=1S/C36H50O6/c1-30(2)19-10-9-18-25(33(19,6)15-13-23(30)38)27-29(40)35(8,42)26(18)28-34(7,41)24(39)17-21-32(5)14-12-22(37)31(3,4)20(32)11-16-36(21,27)28/h17,19-20,22,26-28,37,41-42H,9-16H2,1-8H3/t19-,20-,22+,26-,27-,28-,32-,33-,34+,35+,36-/m0/s1. The van der Waals surface area contributed by atoms with Crippen LogP contribution in [0.3, 0.4) is 0 Å². The molecular weight excluding hydrogens is 528 g/mol. The van der Waals surface area contributed by atoms with Crippen molar-refractivity contribution in [1.29, 1.82) is 0 Å². The van der Waals surface area contributed by atoms with E-state index in [1.165, 1.54) is 0 Å². The average molecular weight is 579 g/mol. The van der Waals surface area contributed by atoms with Gasteiger partial charge in [0.1, 0.15) is 17.0 Å². The summed E-state index contributed by atoms with van der Waals surface area (Å²) in [7, 11) is 0. The van der Waals surface area contributed by atoms with Crippen molar-refractivity contribution < 1.29 is 29.7 Å². The van der Waals surface area contributed by atoms with Crippen LogP contribution in [-0.4, -0.2) is 50.0 Å². The molecule has 8 aliphatic rings. The Hall–Kier alpha value is -1.63. The molecule has 1 spiro atoms. The molecule has 0 aromatic carbocycles. The zero-order valence-electron chi connectivity index (χ0n) is 26.8. The summed E-state index contributed by atoms with van der Waals surface area (Å²) >= 11 is 0. The SMILES string of the molecule is CC1(C)C(=O)CC[C@]2(C)C3=C(CC[C@@H]12)[C@H]1[C@@H]2[C@]4(CC[C@H]5C(C)(C)[C@H](O)CC[C@]5(C)C4=CC(=O)[C@@]2(C)O)[C@@H]3C(=O)[C@]1(C)O. The third-order valence-electron chi connectivity index (χ3n) is 15.1. The van der Waals surface area contributed by atoms with Gasteiger partial charge in [0.05, 0.1) is 12.0 Å². The predicted octanol–water partition coefficient (Wildman–Crippen LogP) is 5.13. The second-order valence-corrected chi connectivity index (χ2v) is 17.5. The molecule has 0 aliphatic heterocycles. The highest BCUT2D eigenvalue weighted by Crippen LogP contribution is 2.79. The number of carbonyl (C=O) groups excluding carboxylic acids is 3. The van der Waals surface area contributed by atoms with Gasteiger partial charge < -0.3 is 15.3 Å². The quantitative estimate of drug-likeness (QED) is 0.344. The van der Waals surface area contributed by atoms with Gasteiger partial charge in [-0.25, -0.2) is 0 Å². The number of hydrogen-bond donors (Lipinski definition) is 3. The number of carbonyl (C=O) groups is 3. The Labute approximate surface area is 250 Å². The molecule has 6 nitrogen and oxygen atoms in total.